The molecule has 0 saturated carbocycles. The lowest BCUT2D eigenvalue weighted by Gasteiger charge is -2.17. The van der Waals surface area contributed by atoms with Crippen LogP contribution in [-0.2, 0) is 19.6 Å². The first kappa shape index (κ1) is 20.0. The van der Waals surface area contributed by atoms with Gasteiger partial charge in [0.1, 0.15) is 0 Å². The lowest BCUT2D eigenvalue weighted by molar-refractivity contribution is -0.145. The van der Waals surface area contributed by atoms with E-state index in [4.69, 9.17) is 4.74 Å². The van der Waals surface area contributed by atoms with E-state index in [0.29, 0.717) is 5.92 Å². The van der Waals surface area contributed by atoms with Crippen LogP contribution in [0.5, 0.6) is 0 Å². The van der Waals surface area contributed by atoms with Gasteiger partial charge in [-0.15, -0.1) is 3.71 Å². The van der Waals surface area contributed by atoms with Crippen molar-refractivity contribution in [3.63, 3.8) is 0 Å². The first-order chi connectivity index (χ1) is 10.7. The molecule has 0 aliphatic carbocycles. The van der Waals surface area contributed by atoms with E-state index >= 15 is 0 Å². The number of carbonyl (C=O) groups excluding carboxylic acids is 1. The molecule has 1 aromatic carbocycles. The molecular weight excluding hydrogens is 334 g/mol. The summed E-state index contributed by atoms with van der Waals surface area (Å²) in [6.07, 6.45) is 1.00. The SMILES string of the molecule is CCC(C)c1ccc(S(=O)(=O)N(C)SCOC(=O)C(C)C)cc1. The number of hydrogen-bond acceptors (Lipinski definition) is 5. The number of nitrogens with zero attached hydrogens (tertiary/aromatic N) is 1. The van der Waals surface area contributed by atoms with Gasteiger partial charge < -0.3 is 4.74 Å². The van der Waals surface area contributed by atoms with Crippen molar-refractivity contribution in [1.29, 1.82) is 0 Å². The fourth-order valence-electron chi connectivity index (χ4n) is 1.75. The van der Waals surface area contributed by atoms with E-state index in [1.807, 2.05) is 12.1 Å². The molecule has 0 N–H and O–H groups in total. The van der Waals surface area contributed by atoms with E-state index in [0.717, 1.165) is 27.6 Å². The summed E-state index contributed by atoms with van der Waals surface area (Å²) in [5, 5.41) is 0. The fourth-order valence-corrected chi connectivity index (χ4v) is 3.78. The van der Waals surface area contributed by atoms with Crippen molar-refractivity contribution >= 4 is 27.9 Å². The largest absolute Gasteiger partial charge is 0.453 e. The molecule has 1 rings (SSSR count). The fraction of sp³-hybridized carbons (Fsp3) is 0.562. The second kappa shape index (κ2) is 8.70. The minimum atomic E-state index is -3.60. The van der Waals surface area contributed by atoms with Gasteiger partial charge >= 0.3 is 5.97 Å². The summed E-state index contributed by atoms with van der Waals surface area (Å²) >= 11 is 0.941. The van der Waals surface area contributed by atoms with E-state index in [9.17, 15) is 13.2 Å². The summed E-state index contributed by atoms with van der Waals surface area (Å²) in [6.45, 7) is 7.66. The third-order valence-electron chi connectivity index (χ3n) is 3.60. The zero-order chi connectivity index (χ0) is 17.6. The molecule has 1 unspecified atom stereocenters. The number of hydrogen-bond donors (Lipinski definition) is 0. The van der Waals surface area contributed by atoms with E-state index in [-0.39, 0.29) is 22.7 Å². The highest BCUT2D eigenvalue weighted by Gasteiger charge is 2.22. The molecule has 23 heavy (non-hydrogen) atoms. The number of carbonyl (C=O) groups is 1. The Morgan fingerprint density at radius 1 is 1.22 bits per heavy atom. The zero-order valence-electron chi connectivity index (χ0n) is 14.3. The van der Waals surface area contributed by atoms with Crippen LogP contribution in [0.15, 0.2) is 29.2 Å². The van der Waals surface area contributed by atoms with Crippen LogP contribution in [-0.4, -0.2) is 31.1 Å². The average molecular weight is 360 g/mol. The molecule has 0 aliphatic rings. The molecule has 0 aromatic heterocycles. The van der Waals surface area contributed by atoms with Gasteiger partial charge in [0, 0.05) is 7.05 Å². The van der Waals surface area contributed by atoms with Crippen molar-refractivity contribution in [2.45, 2.75) is 44.9 Å². The molecule has 1 aromatic rings. The molecule has 0 fully saturated rings. The highest BCUT2D eigenvalue weighted by molar-refractivity contribution is 8.08. The van der Waals surface area contributed by atoms with Crippen LogP contribution in [0.25, 0.3) is 0 Å². The Morgan fingerprint density at radius 3 is 2.26 bits per heavy atom. The van der Waals surface area contributed by atoms with Crippen LogP contribution in [0.3, 0.4) is 0 Å². The monoisotopic (exact) mass is 359 g/mol. The molecule has 0 saturated heterocycles. The topological polar surface area (TPSA) is 63.7 Å². The standard InChI is InChI=1S/C16H25NO4S2/c1-6-13(4)14-7-9-15(10-8-14)23(19,20)17(5)22-11-21-16(18)12(2)3/h7-10,12-13H,6,11H2,1-5H3. The van der Waals surface area contributed by atoms with Crippen LogP contribution < -0.4 is 0 Å². The summed E-state index contributed by atoms with van der Waals surface area (Å²) in [5.74, 6) is -0.210. The van der Waals surface area contributed by atoms with E-state index < -0.39 is 10.0 Å². The lowest BCUT2D eigenvalue weighted by Crippen LogP contribution is -2.22. The highest BCUT2D eigenvalue weighted by atomic mass is 32.3. The van der Waals surface area contributed by atoms with Crippen molar-refractivity contribution in [3.8, 4) is 0 Å². The van der Waals surface area contributed by atoms with Crippen LogP contribution in [0.1, 0.15) is 45.6 Å². The van der Waals surface area contributed by atoms with Crippen LogP contribution in [0.2, 0.25) is 0 Å². The summed E-state index contributed by atoms with van der Waals surface area (Å²) in [5.41, 5.74) is 1.12. The number of sulfonamides is 1. The van der Waals surface area contributed by atoms with Gasteiger partial charge in [0.05, 0.1) is 10.8 Å². The molecule has 5 nitrogen and oxygen atoms in total. The molecule has 0 amide bonds. The smallest absolute Gasteiger partial charge is 0.309 e. The highest BCUT2D eigenvalue weighted by Crippen LogP contribution is 2.24. The third kappa shape index (κ3) is 5.51. The average Bonchev–Trinajstić information content (AvgIpc) is 2.53. The minimum absolute atomic E-state index is 0.0301. The maximum absolute atomic E-state index is 12.5. The molecule has 0 spiro atoms. The summed E-state index contributed by atoms with van der Waals surface area (Å²) in [4.78, 5) is 11.6. The molecule has 0 heterocycles. The maximum Gasteiger partial charge on any atom is 0.309 e. The van der Waals surface area contributed by atoms with Crippen molar-refractivity contribution in [2.24, 2.45) is 5.92 Å². The number of rotatable bonds is 8. The second-order valence-corrected chi connectivity index (χ2v) is 8.90. The van der Waals surface area contributed by atoms with Crippen LogP contribution in [0.4, 0.5) is 0 Å². The van der Waals surface area contributed by atoms with Gasteiger partial charge in [0.2, 0.25) is 0 Å². The molecule has 7 heteroatoms. The first-order valence-corrected chi connectivity index (χ1v) is 9.96. The van der Waals surface area contributed by atoms with Crippen molar-refractivity contribution < 1.29 is 17.9 Å². The van der Waals surface area contributed by atoms with Gasteiger partial charge in [0.15, 0.2) is 5.94 Å². The molecule has 0 bridgehead atoms. The van der Waals surface area contributed by atoms with E-state index in [1.54, 1.807) is 26.0 Å². The lowest BCUT2D eigenvalue weighted by atomic mass is 9.99. The zero-order valence-corrected chi connectivity index (χ0v) is 15.9. The molecular formula is C16H25NO4S2. The third-order valence-corrected chi connectivity index (χ3v) is 6.64. The van der Waals surface area contributed by atoms with Gasteiger partial charge in [-0.3, -0.25) is 4.79 Å². The van der Waals surface area contributed by atoms with Gasteiger partial charge in [-0.2, -0.15) is 0 Å². The molecule has 1 atom stereocenters. The van der Waals surface area contributed by atoms with Gasteiger partial charge in [0.25, 0.3) is 10.0 Å². The van der Waals surface area contributed by atoms with Crippen molar-refractivity contribution in [1.82, 2.24) is 3.71 Å². The minimum Gasteiger partial charge on any atom is -0.453 e. The predicted molar refractivity (Wildman–Crippen MR) is 93.5 cm³/mol. The Bertz CT molecular complexity index is 611. The van der Waals surface area contributed by atoms with Gasteiger partial charge in [-0.05, 0) is 42.0 Å². The quantitative estimate of drug-likeness (QED) is 0.403. The summed E-state index contributed by atoms with van der Waals surface area (Å²) in [7, 11) is -2.15. The normalized spacial score (nSPS) is 13.3. The Hall–Kier alpha value is -1.05. The van der Waals surface area contributed by atoms with Gasteiger partial charge in [-0.25, -0.2) is 8.42 Å². The van der Waals surface area contributed by atoms with E-state index in [2.05, 4.69) is 13.8 Å². The summed E-state index contributed by atoms with van der Waals surface area (Å²) in [6, 6.07) is 6.93. The first-order valence-electron chi connectivity index (χ1n) is 7.58. The van der Waals surface area contributed by atoms with Gasteiger partial charge in [-0.1, -0.05) is 39.8 Å². The van der Waals surface area contributed by atoms with Crippen molar-refractivity contribution in [2.75, 3.05) is 13.0 Å². The Labute approximate surface area is 143 Å². The molecule has 0 radical (unpaired) electrons. The predicted octanol–water partition coefficient (Wildman–Crippen LogP) is 3.63. The number of benzene rings is 1. The number of ether oxygens (including phenoxy) is 1. The second-order valence-electron chi connectivity index (χ2n) is 5.66. The van der Waals surface area contributed by atoms with Crippen LogP contribution in [0, 0.1) is 5.92 Å². The van der Waals surface area contributed by atoms with Crippen LogP contribution >= 0.6 is 11.9 Å². The Kier molecular flexibility index (Phi) is 7.57. The summed E-state index contributed by atoms with van der Waals surface area (Å²) < 4.78 is 31.0. The van der Waals surface area contributed by atoms with E-state index in [1.165, 1.54) is 7.05 Å². The Balaban J connectivity index is 2.72. The molecule has 130 valence electrons. The van der Waals surface area contributed by atoms with Crippen molar-refractivity contribution in [3.05, 3.63) is 29.8 Å². The molecule has 0 aliphatic heterocycles. The Morgan fingerprint density at radius 2 is 1.78 bits per heavy atom. The number of esters is 1. The maximum atomic E-state index is 12.5.